The third kappa shape index (κ3) is 4.32. The topological polar surface area (TPSA) is 50.6 Å². The van der Waals surface area contributed by atoms with Crippen LogP contribution in [0.15, 0.2) is 54.9 Å². The smallest absolute Gasteiger partial charge is 0.330 e. The van der Waals surface area contributed by atoms with Gasteiger partial charge >= 0.3 is 5.97 Å². The van der Waals surface area contributed by atoms with E-state index in [1.165, 1.54) is 11.8 Å². The number of benzene rings is 2. The summed E-state index contributed by atoms with van der Waals surface area (Å²) in [5, 5.41) is 0. The van der Waals surface area contributed by atoms with E-state index >= 15 is 0 Å². The van der Waals surface area contributed by atoms with Crippen molar-refractivity contribution in [2.45, 2.75) is 6.92 Å². The molecule has 1 saturated heterocycles. The summed E-state index contributed by atoms with van der Waals surface area (Å²) in [6, 6.07) is 14.6. The monoisotopic (exact) mass is 390 g/mol. The summed E-state index contributed by atoms with van der Waals surface area (Å²) in [7, 11) is 2.17. The summed E-state index contributed by atoms with van der Waals surface area (Å²) in [6.07, 6.45) is 5.05. The molecule has 150 valence electrons. The average Bonchev–Trinajstić information content (AvgIpc) is 3.16. The van der Waals surface area contributed by atoms with Crippen molar-refractivity contribution in [2.24, 2.45) is 0 Å². The van der Waals surface area contributed by atoms with Crippen LogP contribution < -0.4 is 4.90 Å². The van der Waals surface area contributed by atoms with Crippen LogP contribution in [0.4, 0.5) is 5.69 Å². The van der Waals surface area contributed by atoms with E-state index in [0.29, 0.717) is 6.61 Å². The van der Waals surface area contributed by atoms with Crippen molar-refractivity contribution in [1.82, 2.24) is 14.5 Å². The summed E-state index contributed by atoms with van der Waals surface area (Å²) in [4.78, 5) is 20.9. The Morgan fingerprint density at radius 3 is 2.69 bits per heavy atom. The number of carbonyl (C=O) groups is 1. The minimum absolute atomic E-state index is 0.334. The van der Waals surface area contributed by atoms with Gasteiger partial charge in [0.25, 0.3) is 0 Å². The number of hydrogen-bond acceptors (Lipinski definition) is 5. The number of carbonyl (C=O) groups excluding carboxylic acids is 1. The minimum atomic E-state index is -0.334. The number of piperazine rings is 1. The second-order valence-electron chi connectivity index (χ2n) is 7.26. The fourth-order valence-corrected chi connectivity index (χ4v) is 3.60. The second-order valence-corrected chi connectivity index (χ2v) is 7.26. The predicted molar refractivity (Wildman–Crippen MR) is 116 cm³/mol. The van der Waals surface area contributed by atoms with Crippen LogP contribution in [0.1, 0.15) is 12.5 Å². The van der Waals surface area contributed by atoms with Crippen molar-refractivity contribution in [2.75, 3.05) is 44.7 Å². The van der Waals surface area contributed by atoms with E-state index in [-0.39, 0.29) is 5.97 Å². The molecule has 1 aromatic heterocycles. The Bertz CT molecular complexity index is 1030. The molecule has 2 aromatic carbocycles. The van der Waals surface area contributed by atoms with Crippen molar-refractivity contribution < 1.29 is 9.53 Å². The van der Waals surface area contributed by atoms with Gasteiger partial charge in [0.15, 0.2) is 0 Å². The molecule has 4 rings (SSSR count). The molecule has 6 nitrogen and oxygen atoms in total. The SMILES string of the molecule is CCOC(=O)C=Cc1ccc2c(c1)ncn2-c1cccc(N2CCN(C)CC2)c1. The number of fused-ring (bicyclic) bond motifs is 1. The Balaban J connectivity index is 1.58. The number of likely N-dealkylation sites (N-methyl/N-ethyl adjacent to an activating group) is 1. The number of anilines is 1. The Kier molecular flexibility index (Phi) is 5.62. The molecule has 3 aromatic rings. The fraction of sp³-hybridized carbons (Fsp3) is 0.304. The van der Waals surface area contributed by atoms with Gasteiger partial charge in [0.05, 0.1) is 17.6 Å². The summed E-state index contributed by atoms with van der Waals surface area (Å²) < 4.78 is 7.03. The number of aromatic nitrogens is 2. The van der Waals surface area contributed by atoms with Gasteiger partial charge in [0, 0.05) is 43.6 Å². The van der Waals surface area contributed by atoms with E-state index in [4.69, 9.17) is 4.74 Å². The number of ether oxygens (including phenoxy) is 1. The fourth-order valence-electron chi connectivity index (χ4n) is 3.60. The van der Waals surface area contributed by atoms with Crippen molar-refractivity contribution in [3.05, 3.63) is 60.4 Å². The average molecular weight is 390 g/mol. The number of rotatable bonds is 5. The summed E-state index contributed by atoms with van der Waals surface area (Å²) in [5.74, 6) is -0.334. The maximum Gasteiger partial charge on any atom is 0.330 e. The third-order valence-corrected chi connectivity index (χ3v) is 5.25. The van der Waals surface area contributed by atoms with Gasteiger partial charge in [-0.15, -0.1) is 0 Å². The number of hydrogen-bond donors (Lipinski definition) is 0. The molecule has 0 bridgehead atoms. The second kappa shape index (κ2) is 8.49. The number of esters is 1. The van der Waals surface area contributed by atoms with Crippen LogP contribution >= 0.6 is 0 Å². The number of imidazole rings is 1. The lowest BCUT2D eigenvalue weighted by atomic mass is 10.1. The van der Waals surface area contributed by atoms with E-state index in [2.05, 4.69) is 50.7 Å². The molecule has 0 spiro atoms. The first-order chi connectivity index (χ1) is 14.1. The predicted octanol–water partition coefficient (Wildman–Crippen LogP) is 3.35. The van der Waals surface area contributed by atoms with Crippen LogP contribution in [0, 0.1) is 0 Å². The molecule has 2 heterocycles. The van der Waals surface area contributed by atoms with E-state index in [9.17, 15) is 4.79 Å². The highest BCUT2D eigenvalue weighted by Gasteiger charge is 2.15. The molecular weight excluding hydrogens is 364 g/mol. The van der Waals surface area contributed by atoms with Crippen molar-refractivity contribution in [1.29, 1.82) is 0 Å². The molecule has 0 atom stereocenters. The van der Waals surface area contributed by atoms with Crippen molar-refractivity contribution in [3.8, 4) is 5.69 Å². The largest absolute Gasteiger partial charge is 0.463 e. The first-order valence-electron chi connectivity index (χ1n) is 10.00. The highest BCUT2D eigenvalue weighted by atomic mass is 16.5. The van der Waals surface area contributed by atoms with Crippen molar-refractivity contribution >= 4 is 28.8 Å². The quantitative estimate of drug-likeness (QED) is 0.494. The highest BCUT2D eigenvalue weighted by molar-refractivity contribution is 5.88. The van der Waals surface area contributed by atoms with Gasteiger partial charge in [-0.2, -0.15) is 0 Å². The minimum Gasteiger partial charge on any atom is -0.463 e. The first-order valence-corrected chi connectivity index (χ1v) is 10.00. The molecule has 1 aliphatic rings. The lowest BCUT2D eigenvalue weighted by molar-refractivity contribution is -0.137. The van der Waals surface area contributed by atoms with E-state index in [1.807, 2.05) is 24.5 Å². The van der Waals surface area contributed by atoms with Crippen LogP contribution in [0.3, 0.4) is 0 Å². The van der Waals surface area contributed by atoms with Gasteiger partial charge in [-0.1, -0.05) is 12.1 Å². The van der Waals surface area contributed by atoms with E-state index < -0.39 is 0 Å². The Morgan fingerprint density at radius 2 is 1.90 bits per heavy atom. The van der Waals surface area contributed by atoms with Gasteiger partial charge in [-0.05, 0) is 55.9 Å². The number of nitrogens with zero attached hydrogens (tertiary/aromatic N) is 4. The van der Waals surface area contributed by atoms with E-state index in [1.54, 1.807) is 13.0 Å². The summed E-state index contributed by atoms with van der Waals surface area (Å²) in [5.41, 5.74) is 5.18. The van der Waals surface area contributed by atoms with Crippen LogP contribution in [0.2, 0.25) is 0 Å². The maximum atomic E-state index is 11.5. The standard InChI is InChI=1S/C23H26N4O2/c1-3-29-23(28)10-8-18-7-9-22-21(15-18)24-17-27(22)20-6-4-5-19(16-20)26-13-11-25(2)12-14-26/h4-10,15-17H,3,11-14H2,1-2H3. The van der Waals surface area contributed by atoms with E-state index in [0.717, 1.165) is 48.5 Å². The molecule has 1 aliphatic heterocycles. The molecule has 0 radical (unpaired) electrons. The molecule has 29 heavy (non-hydrogen) atoms. The molecule has 0 unspecified atom stereocenters. The summed E-state index contributed by atoms with van der Waals surface area (Å²) >= 11 is 0. The lowest BCUT2D eigenvalue weighted by Crippen LogP contribution is -2.44. The van der Waals surface area contributed by atoms with Crippen molar-refractivity contribution in [3.63, 3.8) is 0 Å². The van der Waals surface area contributed by atoms with Crippen LogP contribution in [-0.4, -0.2) is 60.3 Å². The van der Waals surface area contributed by atoms with Gasteiger partial charge in [0.1, 0.15) is 6.33 Å². The Labute approximate surface area is 171 Å². The first kappa shape index (κ1) is 19.2. The zero-order chi connectivity index (χ0) is 20.2. The lowest BCUT2D eigenvalue weighted by Gasteiger charge is -2.34. The van der Waals surface area contributed by atoms with Crippen LogP contribution in [0.25, 0.3) is 22.8 Å². The molecule has 0 N–H and O–H groups in total. The van der Waals surface area contributed by atoms with Gasteiger partial charge in [-0.3, -0.25) is 4.57 Å². The highest BCUT2D eigenvalue weighted by Crippen LogP contribution is 2.24. The van der Waals surface area contributed by atoms with Gasteiger partial charge < -0.3 is 14.5 Å². The van der Waals surface area contributed by atoms with Gasteiger partial charge in [0.2, 0.25) is 0 Å². The maximum absolute atomic E-state index is 11.5. The normalized spacial score (nSPS) is 15.3. The Morgan fingerprint density at radius 1 is 1.10 bits per heavy atom. The molecule has 0 saturated carbocycles. The zero-order valence-electron chi connectivity index (χ0n) is 16.9. The van der Waals surface area contributed by atoms with Gasteiger partial charge in [-0.25, -0.2) is 9.78 Å². The van der Waals surface area contributed by atoms with Crippen LogP contribution in [-0.2, 0) is 9.53 Å². The molecule has 1 fully saturated rings. The molecular formula is C23H26N4O2. The molecule has 6 heteroatoms. The summed E-state index contributed by atoms with van der Waals surface area (Å²) in [6.45, 7) is 6.42. The molecule has 0 aliphatic carbocycles. The Hall–Kier alpha value is -3.12. The molecule has 0 amide bonds. The van der Waals surface area contributed by atoms with Crippen LogP contribution in [0.5, 0.6) is 0 Å². The third-order valence-electron chi connectivity index (χ3n) is 5.25. The zero-order valence-corrected chi connectivity index (χ0v) is 16.9.